The number of nitrogens with zero attached hydrogens (tertiary/aromatic N) is 1. The molecule has 3 nitrogen and oxygen atoms in total. The quantitative estimate of drug-likeness (QED) is 0.399. The number of rotatable bonds is 13. The molecule has 0 amide bonds. The molecule has 2 unspecified atom stereocenters. The lowest BCUT2D eigenvalue weighted by atomic mass is 9.82. The Balaban J connectivity index is 2.66. The largest absolute Gasteiger partial charge is 0.454 e. The Morgan fingerprint density at radius 2 is 1.57 bits per heavy atom. The molecule has 0 saturated carbocycles. The van der Waals surface area contributed by atoms with E-state index in [1.807, 2.05) is 0 Å². The van der Waals surface area contributed by atoms with Gasteiger partial charge in [-0.3, -0.25) is 4.90 Å². The van der Waals surface area contributed by atoms with Crippen LogP contribution in [0.3, 0.4) is 0 Å². The maximum Gasteiger partial charge on any atom is 0.272 e. The predicted molar refractivity (Wildman–Crippen MR) is 101 cm³/mol. The van der Waals surface area contributed by atoms with Gasteiger partial charge in [-0.25, -0.2) is 0 Å². The average Bonchev–Trinajstić information content (AvgIpc) is 2.90. The second-order valence-electron chi connectivity index (χ2n) is 7.83. The van der Waals surface area contributed by atoms with E-state index in [4.69, 9.17) is 0 Å². The predicted octanol–water partition coefficient (Wildman–Crippen LogP) is 3.88. The monoisotopic (exact) mass is 325 g/mol. The van der Waals surface area contributed by atoms with Gasteiger partial charge in [0, 0.05) is 18.1 Å². The summed E-state index contributed by atoms with van der Waals surface area (Å²) in [6.45, 7) is 7.73. The maximum atomic E-state index is 10.2. The standard InChI is InChI=1S/C19H40BNO2/c1-4-6-8-10-12-19(3,13-11-9-7-5-2)21-16-18(22)14-17(21)15-20-23/h17-18,20,22-23H,4-16H2,1-3H3. The van der Waals surface area contributed by atoms with E-state index in [2.05, 4.69) is 25.7 Å². The molecule has 23 heavy (non-hydrogen) atoms. The SMILES string of the molecule is CCCCCCC(C)(CCCCCC)N1CC(O)CC1CBO. The van der Waals surface area contributed by atoms with Crippen LogP contribution in [0, 0.1) is 0 Å². The Hall–Kier alpha value is -0.0551. The molecular weight excluding hydrogens is 285 g/mol. The third-order valence-corrected chi connectivity index (χ3v) is 5.69. The Morgan fingerprint density at radius 3 is 2.04 bits per heavy atom. The second-order valence-corrected chi connectivity index (χ2v) is 7.83. The fourth-order valence-corrected chi connectivity index (χ4v) is 4.25. The number of hydrogen-bond acceptors (Lipinski definition) is 3. The molecule has 0 aromatic rings. The lowest BCUT2D eigenvalue weighted by Crippen LogP contribution is -2.49. The Labute approximate surface area is 145 Å². The molecule has 1 fully saturated rings. The van der Waals surface area contributed by atoms with Crippen molar-refractivity contribution >= 4 is 7.48 Å². The zero-order valence-electron chi connectivity index (χ0n) is 15.9. The van der Waals surface area contributed by atoms with Crippen LogP contribution in [-0.2, 0) is 0 Å². The molecule has 0 aromatic carbocycles. The number of hydrogen-bond donors (Lipinski definition) is 2. The van der Waals surface area contributed by atoms with Gasteiger partial charge in [0.1, 0.15) is 0 Å². The highest BCUT2D eigenvalue weighted by Gasteiger charge is 2.41. The summed E-state index contributed by atoms with van der Waals surface area (Å²) < 4.78 is 0. The third kappa shape index (κ3) is 7.15. The minimum Gasteiger partial charge on any atom is -0.454 e. The summed E-state index contributed by atoms with van der Waals surface area (Å²) in [5.74, 6) is 0. The average molecular weight is 325 g/mol. The first-order valence-corrected chi connectivity index (χ1v) is 10.1. The number of aliphatic hydroxyl groups excluding tert-OH is 1. The fourth-order valence-electron chi connectivity index (χ4n) is 4.25. The molecule has 1 rings (SSSR count). The molecule has 136 valence electrons. The molecule has 0 radical (unpaired) electrons. The summed E-state index contributed by atoms with van der Waals surface area (Å²) in [5, 5.41) is 19.5. The topological polar surface area (TPSA) is 43.7 Å². The molecule has 0 bridgehead atoms. The highest BCUT2D eigenvalue weighted by atomic mass is 16.3. The minimum atomic E-state index is -0.211. The fraction of sp³-hybridized carbons (Fsp3) is 1.00. The van der Waals surface area contributed by atoms with Crippen LogP contribution in [-0.4, -0.2) is 46.7 Å². The zero-order valence-corrected chi connectivity index (χ0v) is 15.9. The smallest absolute Gasteiger partial charge is 0.272 e. The van der Waals surface area contributed by atoms with Gasteiger partial charge >= 0.3 is 0 Å². The first-order valence-electron chi connectivity index (χ1n) is 10.1. The van der Waals surface area contributed by atoms with Crippen LogP contribution in [0.2, 0.25) is 6.32 Å². The van der Waals surface area contributed by atoms with Crippen molar-refractivity contribution in [2.45, 2.75) is 115 Å². The van der Waals surface area contributed by atoms with Crippen LogP contribution in [0.25, 0.3) is 0 Å². The lowest BCUT2D eigenvalue weighted by Gasteiger charge is -2.43. The molecule has 1 aliphatic rings. The third-order valence-electron chi connectivity index (χ3n) is 5.69. The van der Waals surface area contributed by atoms with Crippen LogP contribution in [0.4, 0.5) is 0 Å². The number of aliphatic hydroxyl groups is 1. The van der Waals surface area contributed by atoms with Crippen molar-refractivity contribution in [3.63, 3.8) is 0 Å². The highest BCUT2D eigenvalue weighted by molar-refractivity contribution is 6.25. The van der Waals surface area contributed by atoms with Crippen molar-refractivity contribution in [2.24, 2.45) is 0 Å². The van der Waals surface area contributed by atoms with Crippen LogP contribution in [0.15, 0.2) is 0 Å². The molecule has 1 saturated heterocycles. The summed E-state index contributed by atoms with van der Waals surface area (Å²) in [5.41, 5.74) is 0.193. The van der Waals surface area contributed by atoms with E-state index >= 15 is 0 Å². The summed E-state index contributed by atoms with van der Waals surface area (Å²) in [7, 11) is 0.232. The van der Waals surface area contributed by atoms with Gasteiger partial charge in [0.05, 0.1) is 6.10 Å². The normalized spacial score (nSPS) is 22.7. The lowest BCUT2D eigenvalue weighted by molar-refractivity contribution is 0.0619. The molecule has 1 heterocycles. The Kier molecular flexibility index (Phi) is 10.5. The number of likely N-dealkylation sites (tertiary alicyclic amines) is 1. The number of β-amino-alcohol motifs (C(OH)–C–C–N with tert-alkyl or cyclic N) is 1. The van der Waals surface area contributed by atoms with Gasteiger partial charge in [-0.2, -0.15) is 0 Å². The zero-order chi connectivity index (χ0) is 17.1. The van der Waals surface area contributed by atoms with Gasteiger partial charge in [0.25, 0.3) is 7.48 Å². The molecule has 0 aromatic heterocycles. The van der Waals surface area contributed by atoms with Crippen LogP contribution < -0.4 is 0 Å². The molecular formula is C19H40BNO2. The van der Waals surface area contributed by atoms with E-state index in [0.29, 0.717) is 6.04 Å². The van der Waals surface area contributed by atoms with Gasteiger partial charge in [-0.05, 0) is 32.5 Å². The van der Waals surface area contributed by atoms with E-state index in [9.17, 15) is 10.1 Å². The van der Waals surface area contributed by atoms with Gasteiger partial charge in [0.15, 0.2) is 0 Å². The molecule has 0 spiro atoms. The first kappa shape index (κ1) is 21.0. The van der Waals surface area contributed by atoms with E-state index in [1.54, 1.807) is 0 Å². The summed E-state index contributed by atoms with van der Waals surface area (Å²) in [6, 6.07) is 0.359. The first-order chi connectivity index (χ1) is 11.1. The maximum absolute atomic E-state index is 10.2. The molecule has 2 atom stereocenters. The van der Waals surface area contributed by atoms with Crippen LogP contribution >= 0.6 is 0 Å². The summed E-state index contributed by atoms with van der Waals surface area (Å²) >= 11 is 0. The van der Waals surface area contributed by atoms with E-state index in [1.165, 1.54) is 64.2 Å². The van der Waals surface area contributed by atoms with E-state index in [-0.39, 0.29) is 19.1 Å². The summed E-state index contributed by atoms with van der Waals surface area (Å²) in [4.78, 5) is 2.55. The van der Waals surface area contributed by atoms with Crippen molar-refractivity contribution in [1.82, 2.24) is 4.90 Å². The highest BCUT2D eigenvalue weighted by Crippen LogP contribution is 2.36. The molecule has 4 heteroatoms. The van der Waals surface area contributed by atoms with Crippen molar-refractivity contribution in [1.29, 1.82) is 0 Å². The summed E-state index contributed by atoms with van der Waals surface area (Å²) in [6.07, 6.45) is 14.3. The minimum absolute atomic E-state index is 0.193. The molecule has 2 N–H and O–H groups in total. The molecule has 0 aliphatic carbocycles. The van der Waals surface area contributed by atoms with Crippen molar-refractivity contribution in [2.75, 3.05) is 6.54 Å². The van der Waals surface area contributed by atoms with Gasteiger partial charge in [-0.1, -0.05) is 65.2 Å². The number of unbranched alkanes of at least 4 members (excludes halogenated alkanes) is 6. The van der Waals surface area contributed by atoms with Crippen molar-refractivity contribution < 1.29 is 10.1 Å². The van der Waals surface area contributed by atoms with Crippen LogP contribution in [0.5, 0.6) is 0 Å². The van der Waals surface area contributed by atoms with Gasteiger partial charge in [-0.15, -0.1) is 0 Å². The Bertz CT molecular complexity index is 289. The Morgan fingerprint density at radius 1 is 1.00 bits per heavy atom. The van der Waals surface area contributed by atoms with E-state index < -0.39 is 0 Å². The van der Waals surface area contributed by atoms with Gasteiger partial charge < -0.3 is 10.1 Å². The van der Waals surface area contributed by atoms with Crippen LogP contribution in [0.1, 0.15) is 91.4 Å². The van der Waals surface area contributed by atoms with Crippen molar-refractivity contribution in [3.8, 4) is 0 Å². The van der Waals surface area contributed by atoms with Crippen molar-refractivity contribution in [3.05, 3.63) is 0 Å². The second kappa shape index (κ2) is 11.5. The molecule has 1 aliphatic heterocycles. The van der Waals surface area contributed by atoms with Gasteiger partial charge in [0.2, 0.25) is 0 Å². The van der Waals surface area contributed by atoms with E-state index in [0.717, 1.165) is 19.3 Å².